The molecule has 142 valence electrons. The standard InChI is InChI=1S/C16H20F6N2O/c1-25-14-10-11(16(20,21)22)2-3-12(14)13(4-5-15(17,18)19)24-8-6-23-7-9-24/h2-3,10,13,23H,4-9H2,1H3/t13-/m0/s1. The molecule has 1 saturated heterocycles. The third kappa shape index (κ3) is 5.50. The van der Waals surface area contributed by atoms with Crippen molar-refractivity contribution in [2.24, 2.45) is 0 Å². The minimum atomic E-state index is -4.54. The largest absolute Gasteiger partial charge is 0.496 e. The average Bonchev–Trinajstić information content (AvgIpc) is 2.54. The molecule has 0 unspecified atom stereocenters. The van der Waals surface area contributed by atoms with E-state index in [1.54, 1.807) is 0 Å². The molecule has 1 heterocycles. The fourth-order valence-corrected chi connectivity index (χ4v) is 2.99. The van der Waals surface area contributed by atoms with E-state index in [1.165, 1.54) is 13.2 Å². The van der Waals surface area contributed by atoms with Crippen LogP contribution in [0, 0.1) is 0 Å². The molecule has 1 aromatic carbocycles. The van der Waals surface area contributed by atoms with Gasteiger partial charge in [0.15, 0.2) is 0 Å². The molecule has 1 atom stereocenters. The first-order chi connectivity index (χ1) is 11.6. The highest BCUT2D eigenvalue weighted by atomic mass is 19.4. The lowest BCUT2D eigenvalue weighted by Crippen LogP contribution is -2.45. The van der Waals surface area contributed by atoms with Gasteiger partial charge < -0.3 is 10.1 Å². The molecule has 9 heteroatoms. The summed E-state index contributed by atoms with van der Waals surface area (Å²) in [7, 11) is 1.22. The third-order valence-electron chi connectivity index (χ3n) is 4.21. The SMILES string of the molecule is COc1cc(C(F)(F)F)ccc1[C@H](CCC(F)(F)F)N1CCNCC1. The second-order valence-corrected chi connectivity index (χ2v) is 5.91. The van der Waals surface area contributed by atoms with E-state index >= 15 is 0 Å². The number of nitrogens with zero attached hydrogens (tertiary/aromatic N) is 1. The van der Waals surface area contributed by atoms with E-state index in [-0.39, 0.29) is 12.2 Å². The van der Waals surface area contributed by atoms with Crippen LogP contribution in [0.4, 0.5) is 26.3 Å². The molecule has 0 amide bonds. The zero-order chi connectivity index (χ0) is 18.7. The molecule has 0 aromatic heterocycles. The van der Waals surface area contributed by atoms with Gasteiger partial charge in [-0.3, -0.25) is 4.90 Å². The van der Waals surface area contributed by atoms with E-state index in [0.717, 1.165) is 12.1 Å². The summed E-state index contributed by atoms with van der Waals surface area (Å²) >= 11 is 0. The van der Waals surface area contributed by atoms with Crippen LogP contribution in [-0.2, 0) is 6.18 Å². The molecular formula is C16H20F6N2O. The van der Waals surface area contributed by atoms with E-state index in [0.29, 0.717) is 31.7 Å². The average molecular weight is 370 g/mol. The summed E-state index contributed by atoms with van der Waals surface area (Å²) in [4.78, 5) is 1.85. The Kier molecular flexibility index (Phi) is 6.21. The summed E-state index contributed by atoms with van der Waals surface area (Å²) in [5.74, 6) is -0.0412. The number of halogens is 6. The number of benzene rings is 1. The number of hydrogen-bond acceptors (Lipinski definition) is 3. The van der Waals surface area contributed by atoms with Crippen LogP contribution in [0.5, 0.6) is 5.75 Å². The number of alkyl halides is 6. The third-order valence-corrected chi connectivity index (χ3v) is 4.21. The van der Waals surface area contributed by atoms with Gasteiger partial charge in [0.05, 0.1) is 12.7 Å². The first-order valence-corrected chi connectivity index (χ1v) is 7.88. The number of piperazine rings is 1. The first-order valence-electron chi connectivity index (χ1n) is 7.88. The summed E-state index contributed by atoms with van der Waals surface area (Å²) in [5.41, 5.74) is -0.537. The van der Waals surface area contributed by atoms with Gasteiger partial charge in [0.1, 0.15) is 5.75 Å². The van der Waals surface area contributed by atoms with Gasteiger partial charge >= 0.3 is 12.4 Å². The van der Waals surface area contributed by atoms with Crippen LogP contribution in [0.1, 0.15) is 30.0 Å². The molecule has 2 rings (SSSR count). The normalized spacial score (nSPS) is 18.2. The summed E-state index contributed by atoms with van der Waals surface area (Å²) in [6.45, 7) is 2.27. The van der Waals surface area contributed by atoms with E-state index in [9.17, 15) is 26.3 Å². The molecular weight excluding hydrogens is 350 g/mol. The Hall–Kier alpha value is -1.48. The van der Waals surface area contributed by atoms with Crippen molar-refractivity contribution in [3.8, 4) is 5.75 Å². The molecule has 1 aliphatic rings. The van der Waals surface area contributed by atoms with Crippen molar-refractivity contribution in [1.82, 2.24) is 10.2 Å². The molecule has 0 bridgehead atoms. The molecule has 0 radical (unpaired) electrons. The van der Waals surface area contributed by atoms with Gasteiger partial charge in [0, 0.05) is 44.2 Å². The van der Waals surface area contributed by atoms with Crippen LogP contribution in [0.3, 0.4) is 0 Å². The Morgan fingerprint density at radius 2 is 1.76 bits per heavy atom. The molecule has 3 nitrogen and oxygen atoms in total. The monoisotopic (exact) mass is 370 g/mol. The van der Waals surface area contributed by atoms with Crippen LogP contribution < -0.4 is 10.1 Å². The van der Waals surface area contributed by atoms with E-state index < -0.39 is 30.4 Å². The summed E-state index contributed by atoms with van der Waals surface area (Å²) in [6.07, 6.45) is -10.1. The molecule has 1 N–H and O–H groups in total. The van der Waals surface area contributed by atoms with Gasteiger partial charge in [-0.05, 0) is 18.6 Å². The molecule has 1 aliphatic heterocycles. The fraction of sp³-hybridized carbons (Fsp3) is 0.625. The highest BCUT2D eigenvalue weighted by molar-refractivity contribution is 5.41. The van der Waals surface area contributed by atoms with Gasteiger partial charge in [0.2, 0.25) is 0 Å². The smallest absolute Gasteiger partial charge is 0.416 e. The number of hydrogen-bond donors (Lipinski definition) is 1. The maximum absolute atomic E-state index is 12.9. The Morgan fingerprint density at radius 1 is 1.12 bits per heavy atom. The van der Waals surface area contributed by atoms with Gasteiger partial charge in [-0.1, -0.05) is 6.07 Å². The predicted octanol–water partition coefficient (Wildman–Crippen LogP) is 4.00. The van der Waals surface area contributed by atoms with Crippen LogP contribution in [0.25, 0.3) is 0 Å². The van der Waals surface area contributed by atoms with Gasteiger partial charge in [-0.15, -0.1) is 0 Å². The lowest BCUT2D eigenvalue weighted by Gasteiger charge is -2.36. The number of methoxy groups -OCH3 is 1. The Labute approximate surface area is 141 Å². The van der Waals surface area contributed by atoms with E-state index in [2.05, 4.69) is 5.32 Å². The van der Waals surface area contributed by atoms with Crippen molar-refractivity contribution in [2.45, 2.75) is 31.2 Å². The van der Waals surface area contributed by atoms with Crippen molar-refractivity contribution in [2.75, 3.05) is 33.3 Å². The minimum Gasteiger partial charge on any atom is -0.496 e. The number of rotatable bonds is 5. The van der Waals surface area contributed by atoms with Crippen LogP contribution in [0.15, 0.2) is 18.2 Å². The molecule has 0 saturated carbocycles. The highest BCUT2D eigenvalue weighted by Gasteiger charge is 2.35. The summed E-state index contributed by atoms with van der Waals surface area (Å²) in [5, 5.41) is 3.11. The Balaban J connectivity index is 2.34. The molecule has 0 aliphatic carbocycles. The predicted molar refractivity (Wildman–Crippen MR) is 80.5 cm³/mol. The van der Waals surface area contributed by atoms with Crippen molar-refractivity contribution in [1.29, 1.82) is 0 Å². The van der Waals surface area contributed by atoms with Crippen molar-refractivity contribution in [3.05, 3.63) is 29.3 Å². The summed E-state index contributed by atoms with van der Waals surface area (Å²) in [6, 6.07) is 2.31. The Morgan fingerprint density at radius 3 is 2.28 bits per heavy atom. The maximum Gasteiger partial charge on any atom is 0.416 e. The van der Waals surface area contributed by atoms with Crippen molar-refractivity contribution >= 4 is 0 Å². The van der Waals surface area contributed by atoms with Crippen molar-refractivity contribution < 1.29 is 31.1 Å². The minimum absolute atomic E-state index is 0.0412. The summed E-state index contributed by atoms with van der Waals surface area (Å²) < 4.78 is 81.8. The van der Waals surface area contributed by atoms with Gasteiger partial charge in [-0.25, -0.2) is 0 Å². The van der Waals surface area contributed by atoms with E-state index in [4.69, 9.17) is 4.74 Å². The van der Waals surface area contributed by atoms with Crippen LogP contribution >= 0.6 is 0 Å². The quantitative estimate of drug-likeness (QED) is 0.793. The van der Waals surface area contributed by atoms with Gasteiger partial charge in [0.25, 0.3) is 0 Å². The van der Waals surface area contributed by atoms with Gasteiger partial charge in [-0.2, -0.15) is 26.3 Å². The fourth-order valence-electron chi connectivity index (χ4n) is 2.99. The molecule has 25 heavy (non-hydrogen) atoms. The maximum atomic E-state index is 12.9. The lowest BCUT2D eigenvalue weighted by molar-refractivity contribution is -0.138. The highest BCUT2D eigenvalue weighted by Crippen LogP contribution is 2.39. The number of ether oxygens (including phenoxy) is 1. The number of nitrogens with one attached hydrogen (secondary N) is 1. The van der Waals surface area contributed by atoms with Crippen molar-refractivity contribution in [3.63, 3.8) is 0 Å². The lowest BCUT2D eigenvalue weighted by atomic mass is 9.96. The van der Waals surface area contributed by atoms with E-state index in [1.807, 2.05) is 4.90 Å². The van der Waals surface area contributed by atoms with Crippen LogP contribution in [0.2, 0.25) is 0 Å². The zero-order valence-electron chi connectivity index (χ0n) is 13.7. The molecule has 1 aromatic rings. The second kappa shape index (κ2) is 7.82. The second-order valence-electron chi connectivity index (χ2n) is 5.91. The topological polar surface area (TPSA) is 24.5 Å². The molecule has 1 fully saturated rings. The Bertz CT molecular complexity index is 567. The van der Waals surface area contributed by atoms with Crippen LogP contribution in [-0.4, -0.2) is 44.4 Å². The first kappa shape index (κ1) is 19.8. The zero-order valence-corrected chi connectivity index (χ0v) is 13.7. The molecule has 0 spiro atoms.